The van der Waals surface area contributed by atoms with Gasteiger partial charge in [-0.2, -0.15) is 10.2 Å². The standard InChI is InChI=1S/C14H18N4O.C14H17N4O.4C2H6.CH4.CH3.HI.2Rb.2Y/c2*19-14(16-9-10-5-7-15-8-6-10)13-11-3-1-2-4-12(11)17-18-13;4*1-2;;;;;;;/h1-4,10,15H,5-9H2,(H,16,19)(H,17,18);1-4,10H,5-9H2,(H,16,19)(H,17,18);4*1-2H3;1H4;1H3;1H;;;;/q;-1;;;;;;-1;;;;;. The first-order valence-electron chi connectivity index (χ1n) is 17.5. The molecule has 0 unspecified atom stereocenters. The molecule has 0 spiro atoms. The summed E-state index contributed by atoms with van der Waals surface area (Å²) in [5.41, 5.74) is 2.76. The predicted octanol–water partition coefficient (Wildman–Crippen LogP) is 8.41. The fourth-order valence-corrected chi connectivity index (χ4v) is 5.01. The molecule has 2 saturated heterocycles. The van der Waals surface area contributed by atoms with E-state index >= 15 is 0 Å². The normalized spacial score (nSPS) is 12.4. The zero-order valence-electron chi connectivity index (χ0n) is 34.1. The molecule has 0 bridgehead atoms. The van der Waals surface area contributed by atoms with Crippen LogP contribution in [0.25, 0.3) is 27.1 Å². The number of benzene rings is 2. The Morgan fingerprint density at radius 3 is 1.38 bits per heavy atom. The van der Waals surface area contributed by atoms with Gasteiger partial charge in [-0.3, -0.25) is 19.8 Å². The molecule has 2 aromatic heterocycles. The molecule has 0 saturated carbocycles. The van der Waals surface area contributed by atoms with Crippen molar-refractivity contribution in [3.05, 3.63) is 72.7 Å². The molecule has 2 aliphatic heterocycles. The van der Waals surface area contributed by atoms with Crippen molar-refractivity contribution in [3.63, 3.8) is 0 Å². The van der Waals surface area contributed by atoms with Gasteiger partial charge in [-0.1, -0.05) is 112 Å². The molecule has 4 aromatic rings. The van der Waals surface area contributed by atoms with Crippen molar-refractivity contribution in [2.24, 2.45) is 11.8 Å². The van der Waals surface area contributed by atoms with E-state index < -0.39 is 0 Å². The molecular formula is C38H67IN8O2Rb2Y2-2. The Morgan fingerprint density at radius 1 is 0.660 bits per heavy atom. The van der Waals surface area contributed by atoms with Crippen LogP contribution in [0.3, 0.4) is 0 Å². The molecule has 15 heteroatoms. The molecule has 6 rings (SSSR count). The Balaban J connectivity index is -0.000000121. The van der Waals surface area contributed by atoms with Crippen molar-refractivity contribution in [2.45, 2.75) is 88.5 Å². The van der Waals surface area contributed by atoms with E-state index in [4.69, 9.17) is 0 Å². The zero-order chi connectivity index (χ0) is 34.2. The smallest absolute Gasteiger partial charge is 0.272 e. The number of carbonyl (C=O) groups excluding carboxylic acids is 2. The number of carbonyl (C=O) groups is 2. The van der Waals surface area contributed by atoms with Gasteiger partial charge < -0.3 is 28.7 Å². The van der Waals surface area contributed by atoms with Crippen molar-refractivity contribution >= 4 is 174 Å². The van der Waals surface area contributed by atoms with Crippen molar-refractivity contribution in [3.8, 4) is 0 Å². The second-order valence-corrected chi connectivity index (χ2v) is 9.96. The summed E-state index contributed by atoms with van der Waals surface area (Å²) in [6.07, 6.45) is 4.40. The van der Waals surface area contributed by atoms with Crippen LogP contribution in [0.4, 0.5) is 0 Å². The van der Waals surface area contributed by atoms with Crippen molar-refractivity contribution in [1.82, 2.24) is 36.3 Å². The quantitative estimate of drug-likeness (QED) is 0.0975. The number of rotatable bonds is 6. The van der Waals surface area contributed by atoms with Gasteiger partial charge in [-0.25, -0.2) is 0 Å². The number of piperidine rings is 2. The van der Waals surface area contributed by atoms with E-state index in [9.17, 15) is 9.59 Å². The molecule has 4 radical (unpaired) electrons. The Morgan fingerprint density at radius 2 is 1.00 bits per heavy atom. The molecular weight excluding hydrogens is 1080 g/mol. The summed E-state index contributed by atoms with van der Waals surface area (Å²) in [5.74, 6) is 0.943. The first kappa shape index (κ1) is 70.4. The van der Waals surface area contributed by atoms with Crippen LogP contribution in [0.15, 0.2) is 48.5 Å². The van der Waals surface area contributed by atoms with Gasteiger partial charge in [0.15, 0.2) is 11.4 Å². The topological polar surface area (TPSA) is 142 Å². The largest absolute Gasteiger partial charge is 0.662 e. The first-order valence-corrected chi connectivity index (χ1v) is 17.5. The molecule has 0 atom stereocenters. The predicted molar refractivity (Wildman–Crippen MR) is 234 cm³/mol. The van der Waals surface area contributed by atoms with Crippen LogP contribution in [0.1, 0.15) is 109 Å². The van der Waals surface area contributed by atoms with Gasteiger partial charge >= 0.3 is 0 Å². The van der Waals surface area contributed by atoms with Gasteiger partial charge in [0.05, 0.1) is 11.0 Å². The van der Waals surface area contributed by atoms with Crippen LogP contribution in [0.5, 0.6) is 0 Å². The molecule has 2 aliphatic rings. The molecule has 2 aromatic carbocycles. The number of aromatic amines is 2. The van der Waals surface area contributed by atoms with Crippen LogP contribution in [-0.4, -0.2) is 188 Å². The van der Waals surface area contributed by atoms with E-state index in [1.165, 1.54) is 0 Å². The maximum Gasteiger partial charge on any atom is 0.272 e. The van der Waals surface area contributed by atoms with Crippen LogP contribution < -0.4 is 16.0 Å². The van der Waals surface area contributed by atoms with Crippen molar-refractivity contribution in [2.75, 3.05) is 39.3 Å². The number of amides is 2. The minimum atomic E-state index is -0.0973. The Bertz CT molecular complexity index is 1280. The Hall–Kier alpha value is 2.79. The molecule has 0 aliphatic carbocycles. The third-order valence-corrected chi connectivity index (χ3v) is 7.32. The van der Waals surface area contributed by atoms with E-state index in [0.717, 1.165) is 86.8 Å². The van der Waals surface area contributed by atoms with Crippen LogP contribution in [0.2, 0.25) is 0 Å². The fraction of sp³-hybridized carbons (Fsp3) is 0.553. The average molecular weight is 1140 g/mol. The number of fused-ring (bicyclic) bond motifs is 2. The number of hydrogen-bond donors (Lipinski definition) is 5. The molecule has 2 fully saturated rings. The number of para-hydroxylation sites is 2. The number of halogens is 1. The van der Waals surface area contributed by atoms with E-state index in [2.05, 4.69) is 41.7 Å². The van der Waals surface area contributed by atoms with Gasteiger partial charge in [0.2, 0.25) is 0 Å². The molecule has 2 amide bonds. The maximum absolute atomic E-state index is 12.2. The third kappa shape index (κ3) is 25.9. The molecule has 53 heavy (non-hydrogen) atoms. The monoisotopic (exact) mass is 1140 g/mol. The minimum Gasteiger partial charge on any atom is -0.662 e. The number of nitrogens with zero attached hydrogens (tertiary/aromatic N) is 3. The van der Waals surface area contributed by atoms with E-state index in [-0.39, 0.29) is 232 Å². The summed E-state index contributed by atoms with van der Waals surface area (Å²) in [6, 6.07) is 15.4. The summed E-state index contributed by atoms with van der Waals surface area (Å²) >= 11 is 0. The number of aromatic nitrogens is 4. The second kappa shape index (κ2) is 45.9. The second-order valence-electron chi connectivity index (χ2n) is 9.96. The third-order valence-electron chi connectivity index (χ3n) is 7.32. The minimum absolute atomic E-state index is 0. The number of hydrogen-bond acceptors (Lipinski definition) is 5. The summed E-state index contributed by atoms with van der Waals surface area (Å²) in [6.45, 7) is 21.4. The number of H-pyrrole nitrogens is 2. The van der Waals surface area contributed by atoms with Crippen molar-refractivity contribution < 1.29 is 75.0 Å². The first-order chi connectivity index (χ1) is 22.7. The van der Waals surface area contributed by atoms with Crippen LogP contribution >= 0.6 is 24.0 Å². The van der Waals surface area contributed by atoms with Gasteiger partial charge in [-0.05, 0) is 49.9 Å². The van der Waals surface area contributed by atoms with Gasteiger partial charge in [0.1, 0.15) is 0 Å². The van der Waals surface area contributed by atoms with Crippen LogP contribution in [0, 0.1) is 19.3 Å². The van der Waals surface area contributed by atoms with Gasteiger partial charge in [-0.15, -0.1) is 37.1 Å². The zero-order valence-corrected chi connectivity index (χ0v) is 51.9. The summed E-state index contributed by atoms with van der Waals surface area (Å²) in [7, 11) is 0. The SMILES string of the molecule is C.CC.CC.CC.CC.I.O=C(NCC1CCNCC1)c1n[nH]c2ccccc12.O=C(NCC1CC[N-]CC1)c1n[nH]c2ccccc12.[CH3-].[Rb].[Rb].[Y].[Y]. The van der Waals surface area contributed by atoms with E-state index in [0.29, 0.717) is 23.2 Å². The van der Waals surface area contributed by atoms with Crippen molar-refractivity contribution in [1.29, 1.82) is 0 Å². The van der Waals surface area contributed by atoms with Gasteiger partial charge in [0, 0.05) is 206 Å². The van der Waals surface area contributed by atoms with Gasteiger partial charge in [0.25, 0.3) is 11.8 Å². The maximum atomic E-state index is 12.2. The Kier molecular flexibility index (Phi) is 60.9. The molecule has 10 nitrogen and oxygen atoms in total. The summed E-state index contributed by atoms with van der Waals surface area (Å²) in [5, 5.41) is 29.4. The summed E-state index contributed by atoms with van der Waals surface area (Å²) < 4.78 is 0. The molecule has 4 heterocycles. The average Bonchev–Trinajstić information content (AvgIpc) is 3.79. The fourth-order valence-electron chi connectivity index (χ4n) is 5.01. The number of nitrogens with one attached hydrogen (secondary N) is 5. The van der Waals surface area contributed by atoms with E-state index in [1.54, 1.807) is 0 Å². The molecule has 5 N–H and O–H groups in total. The molecule has 288 valence electrons. The van der Waals surface area contributed by atoms with Crippen LogP contribution in [-0.2, 0) is 65.4 Å². The Labute approximate surface area is 487 Å². The van der Waals surface area contributed by atoms with E-state index in [1.807, 2.05) is 104 Å². The summed E-state index contributed by atoms with van der Waals surface area (Å²) in [4.78, 5) is 24.3.